The van der Waals surface area contributed by atoms with E-state index in [9.17, 15) is 22.0 Å². The molecule has 1 aliphatic rings. The first kappa shape index (κ1) is 31.1. The van der Waals surface area contributed by atoms with Crippen LogP contribution in [0.5, 0.6) is 0 Å². The lowest BCUT2D eigenvalue weighted by Gasteiger charge is -2.31. The Morgan fingerprint density at radius 3 is 1.95 bits per heavy atom. The number of hydrogen-bond donors (Lipinski definition) is 0. The average molecular weight is 606 g/mol. The highest BCUT2D eigenvalue weighted by Gasteiger charge is 2.37. The predicted molar refractivity (Wildman–Crippen MR) is 157 cm³/mol. The SMILES string of the molecule is C=CCCc1ccc(C(F)(F)OC2CCC(c3ccc(-c4ccc(-c5cc(F)c(C#N)c(F)c5)c(F)c4)c(F)c3)CC2)cc1. The lowest BCUT2D eigenvalue weighted by atomic mass is 9.82. The summed E-state index contributed by atoms with van der Waals surface area (Å²) in [5.74, 6) is -3.64. The van der Waals surface area contributed by atoms with Gasteiger partial charge in [0, 0.05) is 11.1 Å². The van der Waals surface area contributed by atoms with Gasteiger partial charge in [-0.15, -0.1) is 6.58 Å². The number of allylic oxidation sites excluding steroid dienone is 1. The maximum Gasteiger partial charge on any atom is 0.383 e. The molecule has 0 N–H and O–H groups in total. The van der Waals surface area contributed by atoms with Crippen LogP contribution < -0.4 is 0 Å². The van der Waals surface area contributed by atoms with Gasteiger partial charge in [-0.3, -0.25) is 0 Å². The van der Waals surface area contributed by atoms with Crippen LogP contribution in [-0.4, -0.2) is 6.10 Å². The second-order valence-electron chi connectivity index (χ2n) is 11.0. The topological polar surface area (TPSA) is 33.0 Å². The molecule has 1 fully saturated rings. The summed E-state index contributed by atoms with van der Waals surface area (Å²) in [5, 5.41) is 8.85. The van der Waals surface area contributed by atoms with E-state index in [2.05, 4.69) is 6.58 Å². The molecule has 0 aromatic heterocycles. The molecule has 8 heteroatoms. The summed E-state index contributed by atoms with van der Waals surface area (Å²) < 4.78 is 93.3. The van der Waals surface area contributed by atoms with Gasteiger partial charge in [0.25, 0.3) is 0 Å². The summed E-state index contributed by atoms with van der Waals surface area (Å²) in [7, 11) is 0. The number of nitriles is 1. The summed E-state index contributed by atoms with van der Waals surface area (Å²) in [6, 6.07) is 17.8. The summed E-state index contributed by atoms with van der Waals surface area (Å²) in [5.41, 5.74) is 0.898. The number of hydrogen-bond acceptors (Lipinski definition) is 2. The van der Waals surface area contributed by atoms with Crippen LogP contribution in [0.3, 0.4) is 0 Å². The first-order chi connectivity index (χ1) is 21.1. The van der Waals surface area contributed by atoms with Crippen LogP contribution >= 0.6 is 0 Å². The number of aryl methyl sites for hydroxylation is 1. The van der Waals surface area contributed by atoms with E-state index in [1.54, 1.807) is 24.3 Å². The molecule has 1 saturated carbocycles. The van der Waals surface area contributed by atoms with E-state index >= 15 is 4.39 Å². The van der Waals surface area contributed by atoms with Crippen LogP contribution in [0.25, 0.3) is 22.3 Å². The van der Waals surface area contributed by atoms with Crippen molar-refractivity contribution in [2.45, 2.75) is 56.7 Å². The van der Waals surface area contributed by atoms with Gasteiger partial charge in [0.05, 0.1) is 11.7 Å². The highest BCUT2D eigenvalue weighted by Crippen LogP contribution is 2.40. The monoisotopic (exact) mass is 605 g/mol. The van der Waals surface area contributed by atoms with E-state index in [4.69, 9.17) is 10.00 Å². The Morgan fingerprint density at radius 2 is 1.36 bits per heavy atom. The van der Waals surface area contributed by atoms with Crippen molar-refractivity contribution in [3.05, 3.63) is 131 Å². The summed E-state index contributed by atoms with van der Waals surface area (Å²) >= 11 is 0. The zero-order valence-corrected chi connectivity index (χ0v) is 23.7. The van der Waals surface area contributed by atoms with Gasteiger partial charge >= 0.3 is 6.11 Å². The fourth-order valence-electron chi connectivity index (χ4n) is 5.70. The third-order valence-electron chi connectivity index (χ3n) is 8.13. The van der Waals surface area contributed by atoms with Crippen LogP contribution in [0.1, 0.15) is 60.3 Å². The van der Waals surface area contributed by atoms with E-state index < -0.39 is 41.0 Å². The lowest BCUT2D eigenvalue weighted by molar-refractivity contribution is -0.277. The molecule has 0 amide bonds. The largest absolute Gasteiger partial charge is 0.383 e. The zero-order chi connectivity index (χ0) is 31.4. The molecule has 1 aliphatic carbocycles. The molecule has 0 bridgehead atoms. The van der Waals surface area contributed by atoms with Crippen molar-refractivity contribution in [3.8, 4) is 28.3 Å². The van der Waals surface area contributed by atoms with Crippen molar-refractivity contribution in [2.75, 3.05) is 0 Å². The first-order valence-corrected chi connectivity index (χ1v) is 14.3. The normalized spacial score (nSPS) is 16.8. The molecule has 0 heterocycles. The molecule has 5 rings (SSSR count). The van der Waals surface area contributed by atoms with Crippen LogP contribution in [0.4, 0.5) is 26.3 Å². The fourth-order valence-corrected chi connectivity index (χ4v) is 5.70. The van der Waals surface area contributed by atoms with Crippen LogP contribution in [0.2, 0.25) is 0 Å². The molecule has 0 radical (unpaired) electrons. The fraction of sp³-hybridized carbons (Fsp3) is 0.250. The molecule has 44 heavy (non-hydrogen) atoms. The summed E-state index contributed by atoms with van der Waals surface area (Å²) in [6.07, 6.45) is 1.09. The predicted octanol–water partition coefficient (Wildman–Crippen LogP) is 10.4. The molecule has 0 aliphatic heterocycles. The van der Waals surface area contributed by atoms with E-state index in [0.717, 1.165) is 36.6 Å². The maximum absolute atomic E-state index is 15.2. The molecule has 2 nitrogen and oxygen atoms in total. The van der Waals surface area contributed by atoms with Crippen molar-refractivity contribution >= 4 is 0 Å². The van der Waals surface area contributed by atoms with Crippen LogP contribution in [0, 0.1) is 34.6 Å². The number of alkyl halides is 2. The molecule has 0 saturated heterocycles. The van der Waals surface area contributed by atoms with Gasteiger partial charge in [-0.1, -0.05) is 54.6 Å². The smallest absolute Gasteiger partial charge is 0.313 e. The molecule has 0 atom stereocenters. The third-order valence-corrected chi connectivity index (χ3v) is 8.13. The third kappa shape index (κ3) is 6.74. The summed E-state index contributed by atoms with van der Waals surface area (Å²) in [4.78, 5) is 0. The number of ether oxygens (including phenoxy) is 1. The van der Waals surface area contributed by atoms with Crippen molar-refractivity contribution in [1.29, 1.82) is 5.26 Å². The molecule has 0 spiro atoms. The highest BCUT2D eigenvalue weighted by molar-refractivity contribution is 5.72. The van der Waals surface area contributed by atoms with Gasteiger partial charge in [0.2, 0.25) is 0 Å². The average Bonchev–Trinajstić information content (AvgIpc) is 3.00. The molecule has 4 aromatic carbocycles. The Morgan fingerprint density at radius 1 is 0.773 bits per heavy atom. The quantitative estimate of drug-likeness (QED) is 0.141. The second kappa shape index (κ2) is 13.1. The van der Waals surface area contributed by atoms with E-state index in [-0.39, 0.29) is 33.7 Å². The Labute approximate surface area is 252 Å². The molecule has 4 aromatic rings. The van der Waals surface area contributed by atoms with E-state index in [1.807, 2.05) is 0 Å². The number of nitrogens with zero attached hydrogens (tertiary/aromatic N) is 1. The van der Waals surface area contributed by atoms with E-state index in [0.29, 0.717) is 31.2 Å². The maximum atomic E-state index is 15.2. The van der Waals surface area contributed by atoms with Crippen molar-refractivity contribution in [3.63, 3.8) is 0 Å². The number of halogens is 6. The molecule has 0 unspecified atom stereocenters. The van der Waals surface area contributed by atoms with Crippen molar-refractivity contribution < 1.29 is 31.1 Å². The minimum absolute atomic E-state index is 0.0450. The Bertz CT molecular complexity index is 1680. The number of rotatable bonds is 9. The Hall–Kier alpha value is -4.35. The van der Waals surface area contributed by atoms with Crippen LogP contribution in [-0.2, 0) is 17.3 Å². The lowest BCUT2D eigenvalue weighted by Crippen LogP contribution is -2.29. The molecular weight excluding hydrogens is 576 g/mol. The standard InChI is InChI=1S/C36H29F6NO/c1-2-3-4-22-5-11-27(12-6-22)36(41,42)44-28-13-7-23(8-14-28)24-9-15-29(32(37)17-24)25-10-16-30(33(38)18-25)26-19-34(39)31(21-43)35(40)20-26/h2,5-6,9-12,15-20,23,28H,1,3-4,7-8,13-14H2. The minimum Gasteiger partial charge on any atom is -0.313 e. The van der Waals surface area contributed by atoms with Gasteiger partial charge in [-0.05, 0) is 91.0 Å². The van der Waals surface area contributed by atoms with Gasteiger partial charge in [0.1, 0.15) is 34.9 Å². The van der Waals surface area contributed by atoms with Gasteiger partial charge in [0.15, 0.2) is 0 Å². The Balaban J connectivity index is 1.23. The second-order valence-corrected chi connectivity index (χ2v) is 11.0. The van der Waals surface area contributed by atoms with Gasteiger partial charge < -0.3 is 4.74 Å². The molecule has 226 valence electrons. The number of benzene rings is 4. The first-order valence-electron chi connectivity index (χ1n) is 14.3. The van der Waals surface area contributed by atoms with Crippen LogP contribution in [0.15, 0.2) is 85.5 Å². The molecular formula is C36H29F6NO. The zero-order valence-electron chi connectivity index (χ0n) is 23.7. The van der Waals surface area contributed by atoms with Crippen molar-refractivity contribution in [2.24, 2.45) is 0 Å². The van der Waals surface area contributed by atoms with Gasteiger partial charge in [-0.25, -0.2) is 17.6 Å². The minimum atomic E-state index is -3.42. The summed E-state index contributed by atoms with van der Waals surface area (Å²) in [6.45, 7) is 3.67. The van der Waals surface area contributed by atoms with Gasteiger partial charge in [-0.2, -0.15) is 14.0 Å². The Kier molecular flexibility index (Phi) is 9.26. The van der Waals surface area contributed by atoms with E-state index in [1.165, 1.54) is 42.5 Å². The van der Waals surface area contributed by atoms with Crippen molar-refractivity contribution in [1.82, 2.24) is 0 Å². The highest BCUT2D eigenvalue weighted by atomic mass is 19.3.